The number of hydrogen-bond donors (Lipinski definition) is 1. The number of nitrogens with zero attached hydrogens (tertiary/aromatic N) is 4. The quantitative estimate of drug-likeness (QED) is 0.687. The summed E-state index contributed by atoms with van der Waals surface area (Å²) in [6.07, 6.45) is 0.671. The first-order valence-corrected chi connectivity index (χ1v) is 8.93. The molecule has 1 N–H and O–H groups in total. The van der Waals surface area contributed by atoms with Gasteiger partial charge >= 0.3 is 0 Å². The van der Waals surface area contributed by atoms with Gasteiger partial charge < -0.3 is 5.32 Å². The Morgan fingerprint density at radius 2 is 1.88 bits per heavy atom. The molecule has 0 saturated heterocycles. The molecule has 0 bridgehead atoms. The van der Waals surface area contributed by atoms with Gasteiger partial charge in [0.2, 0.25) is 11.1 Å². The van der Waals surface area contributed by atoms with E-state index in [9.17, 15) is 4.79 Å². The van der Waals surface area contributed by atoms with Crippen LogP contribution in [0.1, 0.15) is 18.9 Å². The molecule has 7 heteroatoms. The van der Waals surface area contributed by atoms with Crippen molar-refractivity contribution in [2.24, 2.45) is 0 Å². The van der Waals surface area contributed by atoms with Crippen LogP contribution in [0.15, 0.2) is 59.8 Å². The first kappa shape index (κ1) is 17.2. The van der Waals surface area contributed by atoms with Crippen molar-refractivity contribution >= 4 is 23.4 Å². The van der Waals surface area contributed by atoms with Crippen LogP contribution >= 0.6 is 11.8 Å². The average Bonchev–Trinajstić information content (AvgIpc) is 3.10. The first-order valence-electron chi connectivity index (χ1n) is 8.05. The lowest BCUT2D eigenvalue weighted by atomic mass is 10.2. The molecule has 0 aliphatic rings. The van der Waals surface area contributed by atoms with Gasteiger partial charge in [0, 0.05) is 5.69 Å². The number of benzene rings is 2. The Kier molecular flexibility index (Phi) is 5.45. The van der Waals surface area contributed by atoms with Crippen LogP contribution in [0.25, 0.3) is 5.69 Å². The van der Waals surface area contributed by atoms with Crippen LogP contribution in [0.5, 0.6) is 0 Å². The van der Waals surface area contributed by atoms with Gasteiger partial charge in [-0.1, -0.05) is 54.6 Å². The van der Waals surface area contributed by atoms with E-state index < -0.39 is 0 Å². The lowest BCUT2D eigenvalue weighted by Crippen LogP contribution is -2.25. The summed E-state index contributed by atoms with van der Waals surface area (Å²) in [5.41, 5.74) is 2.81. The molecule has 0 unspecified atom stereocenters. The van der Waals surface area contributed by atoms with Crippen molar-refractivity contribution in [1.82, 2.24) is 20.2 Å². The van der Waals surface area contributed by atoms with Crippen molar-refractivity contribution in [1.29, 1.82) is 0 Å². The number of thioether (sulfide) groups is 1. The van der Waals surface area contributed by atoms with Crippen LogP contribution in [-0.2, 0) is 4.79 Å². The maximum absolute atomic E-state index is 12.6. The fourth-order valence-corrected chi connectivity index (χ4v) is 3.21. The smallest absolute Gasteiger partial charge is 0.237 e. The summed E-state index contributed by atoms with van der Waals surface area (Å²) in [6.45, 7) is 3.99. The van der Waals surface area contributed by atoms with Crippen molar-refractivity contribution in [2.45, 2.75) is 30.7 Å². The summed E-state index contributed by atoms with van der Waals surface area (Å²) in [6, 6.07) is 17.4. The standard InChI is InChI=1S/C18H19N5OS/c1-3-16(17(24)19-14-11-9-13(2)10-12-14)25-18-20-21-22-23(18)15-7-5-4-6-8-15/h4-12,16H,3H2,1-2H3,(H,19,24)/t16-/m0/s1. The van der Waals surface area contributed by atoms with E-state index in [0.717, 1.165) is 16.9 Å². The third-order valence-corrected chi connectivity index (χ3v) is 4.97. The van der Waals surface area contributed by atoms with Gasteiger partial charge in [0.15, 0.2) is 0 Å². The molecule has 0 spiro atoms. The zero-order valence-corrected chi connectivity index (χ0v) is 14.9. The largest absolute Gasteiger partial charge is 0.325 e. The lowest BCUT2D eigenvalue weighted by molar-refractivity contribution is -0.115. The zero-order valence-electron chi connectivity index (χ0n) is 14.1. The van der Waals surface area contributed by atoms with Crippen molar-refractivity contribution in [2.75, 3.05) is 5.32 Å². The number of rotatable bonds is 6. The van der Waals surface area contributed by atoms with Crippen molar-refractivity contribution < 1.29 is 4.79 Å². The van der Waals surface area contributed by atoms with Gasteiger partial charge in [0.1, 0.15) is 0 Å². The molecular formula is C18H19N5OS. The average molecular weight is 353 g/mol. The summed E-state index contributed by atoms with van der Waals surface area (Å²) in [7, 11) is 0. The molecule has 0 aliphatic carbocycles. The van der Waals surface area contributed by atoms with Crippen LogP contribution in [-0.4, -0.2) is 31.4 Å². The molecule has 0 radical (unpaired) electrons. The Labute approximate surface area is 150 Å². The van der Waals surface area contributed by atoms with Gasteiger partial charge in [-0.05, 0) is 48.0 Å². The number of anilines is 1. The lowest BCUT2D eigenvalue weighted by Gasteiger charge is -2.14. The molecule has 1 heterocycles. The molecule has 128 valence electrons. The summed E-state index contributed by atoms with van der Waals surface area (Å²) < 4.78 is 1.65. The summed E-state index contributed by atoms with van der Waals surface area (Å²) >= 11 is 1.36. The van der Waals surface area contributed by atoms with Crippen LogP contribution in [0.2, 0.25) is 0 Å². The topological polar surface area (TPSA) is 72.7 Å². The predicted molar refractivity (Wildman–Crippen MR) is 98.9 cm³/mol. The van der Waals surface area contributed by atoms with Gasteiger partial charge in [-0.15, -0.1) is 5.10 Å². The minimum atomic E-state index is -0.283. The Morgan fingerprint density at radius 3 is 2.56 bits per heavy atom. The molecule has 0 saturated carbocycles. The van der Waals surface area contributed by atoms with Gasteiger partial charge in [-0.2, -0.15) is 4.68 Å². The third-order valence-electron chi connectivity index (χ3n) is 3.67. The maximum Gasteiger partial charge on any atom is 0.237 e. The second-order valence-corrected chi connectivity index (χ2v) is 6.75. The molecule has 1 aromatic heterocycles. The van der Waals surface area contributed by atoms with Crippen LogP contribution in [0.3, 0.4) is 0 Å². The highest BCUT2D eigenvalue weighted by Gasteiger charge is 2.22. The molecule has 3 rings (SSSR count). The fourth-order valence-electron chi connectivity index (χ4n) is 2.29. The van der Waals surface area contributed by atoms with E-state index in [4.69, 9.17) is 0 Å². The molecule has 6 nitrogen and oxygen atoms in total. The monoisotopic (exact) mass is 353 g/mol. The molecule has 0 aliphatic heterocycles. The predicted octanol–water partition coefficient (Wildman–Crippen LogP) is 3.48. The first-order chi connectivity index (χ1) is 12.2. The SMILES string of the molecule is CC[C@H](Sc1nnnn1-c1ccccc1)C(=O)Nc1ccc(C)cc1. The highest BCUT2D eigenvalue weighted by molar-refractivity contribution is 8.00. The van der Waals surface area contributed by atoms with Crippen LogP contribution in [0.4, 0.5) is 5.69 Å². The van der Waals surface area contributed by atoms with E-state index in [0.29, 0.717) is 11.6 Å². The molecule has 1 atom stereocenters. The summed E-state index contributed by atoms with van der Waals surface area (Å²) in [5.74, 6) is -0.0565. The molecule has 0 fully saturated rings. The molecule has 3 aromatic rings. The Morgan fingerprint density at radius 1 is 1.16 bits per heavy atom. The molecular weight excluding hydrogens is 334 g/mol. The number of carbonyl (C=O) groups excluding carboxylic acids is 1. The highest BCUT2D eigenvalue weighted by Crippen LogP contribution is 2.26. The number of carbonyl (C=O) groups is 1. The summed E-state index contributed by atoms with van der Waals surface area (Å²) in [4.78, 5) is 12.6. The number of hydrogen-bond acceptors (Lipinski definition) is 5. The summed E-state index contributed by atoms with van der Waals surface area (Å²) in [5, 5.41) is 15.1. The highest BCUT2D eigenvalue weighted by atomic mass is 32.2. The van der Waals surface area contributed by atoms with Gasteiger partial charge in [-0.3, -0.25) is 4.79 Å². The second-order valence-electron chi connectivity index (χ2n) is 5.58. The Bertz CT molecular complexity index is 832. The van der Waals surface area contributed by atoms with Crippen LogP contribution in [0, 0.1) is 6.92 Å². The number of amides is 1. The molecule has 25 heavy (non-hydrogen) atoms. The normalized spacial score (nSPS) is 11.9. The van der Waals surface area contributed by atoms with Crippen molar-refractivity contribution in [3.8, 4) is 5.69 Å². The Hall–Kier alpha value is -2.67. The van der Waals surface area contributed by atoms with Gasteiger partial charge in [0.05, 0.1) is 10.9 Å². The Balaban J connectivity index is 1.73. The molecule has 2 aromatic carbocycles. The van der Waals surface area contributed by atoms with E-state index in [1.54, 1.807) is 4.68 Å². The minimum absolute atomic E-state index is 0.0565. The fraction of sp³-hybridized carbons (Fsp3) is 0.222. The van der Waals surface area contributed by atoms with E-state index in [1.165, 1.54) is 11.8 Å². The van der Waals surface area contributed by atoms with E-state index in [-0.39, 0.29) is 11.2 Å². The van der Waals surface area contributed by atoms with E-state index >= 15 is 0 Å². The second kappa shape index (κ2) is 7.94. The van der Waals surface area contributed by atoms with Crippen molar-refractivity contribution in [3.05, 3.63) is 60.2 Å². The van der Waals surface area contributed by atoms with E-state index in [1.807, 2.05) is 68.4 Å². The number of nitrogens with one attached hydrogen (secondary N) is 1. The van der Waals surface area contributed by atoms with Crippen LogP contribution < -0.4 is 5.32 Å². The third kappa shape index (κ3) is 4.24. The number of aryl methyl sites for hydroxylation is 1. The minimum Gasteiger partial charge on any atom is -0.325 e. The van der Waals surface area contributed by atoms with Gasteiger partial charge in [0.25, 0.3) is 0 Å². The number of aromatic nitrogens is 4. The zero-order chi connectivity index (χ0) is 17.6. The van der Waals surface area contributed by atoms with Gasteiger partial charge in [-0.25, -0.2) is 0 Å². The van der Waals surface area contributed by atoms with Crippen molar-refractivity contribution in [3.63, 3.8) is 0 Å². The number of para-hydroxylation sites is 1. The molecule has 1 amide bonds. The maximum atomic E-state index is 12.6. The number of tetrazole rings is 1. The van der Waals surface area contributed by atoms with E-state index in [2.05, 4.69) is 20.8 Å².